The molecule has 5 nitrogen and oxygen atoms in total. The molecule has 0 aromatic carbocycles. The SMILES string of the molecule is CC#CCCNc1ncc([N+](=O)[O-])cc1Br. The molecule has 0 aliphatic heterocycles. The van der Waals surface area contributed by atoms with Crippen molar-refractivity contribution in [3.63, 3.8) is 0 Å². The second-order valence-electron chi connectivity index (χ2n) is 2.88. The van der Waals surface area contributed by atoms with Crippen LogP contribution in [0.3, 0.4) is 0 Å². The van der Waals surface area contributed by atoms with E-state index in [-0.39, 0.29) is 5.69 Å². The first-order chi connectivity index (χ1) is 7.65. The van der Waals surface area contributed by atoms with Crippen molar-refractivity contribution >= 4 is 27.4 Å². The van der Waals surface area contributed by atoms with E-state index < -0.39 is 4.92 Å². The number of aromatic nitrogens is 1. The third kappa shape index (κ3) is 3.51. The molecule has 0 amide bonds. The number of nitrogens with one attached hydrogen (secondary N) is 1. The summed E-state index contributed by atoms with van der Waals surface area (Å²) in [5.74, 6) is 6.27. The fraction of sp³-hybridized carbons (Fsp3) is 0.300. The molecule has 0 aliphatic rings. The third-order valence-corrected chi connectivity index (χ3v) is 2.36. The number of hydrogen-bond donors (Lipinski definition) is 1. The first-order valence-corrected chi connectivity index (χ1v) is 5.38. The van der Waals surface area contributed by atoms with E-state index in [9.17, 15) is 10.1 Å². The Balaban J connectivity index is 2.67. The summed E-state index contributed by atoms with van der Waals surface area (Å²) < 4.78 is 0.575. The van der Waals surface area contributed by atoms with Gasteiger partial charge in [0.25, 0.3) is 5.69 Å². The van der Waals surface area contributed by atoms with E-state index in [1.165, 1.54) is 12.3 Å². The molecule has 1 aromatic heterocycles. The van der Waals surface area contributed by atoms with Crippen LogP contribution >= 0.6 is 15.9 Å². The van der Waals surface area contributed by atoms with E-state index in [1.807, 2.05) is 0 Å². The number of pyridine rings is 1. The van der Waals surface area contributed by atoms with Gasteiger partial charge in [0.05, 0.1) is 9.40 Å². The van der Waals surface area contributed by atoms with Gasteiger partial charge in [-0.3, -0.25) is 10.1 Å². The maximum Gasteiger partial charge on any atom is 0.288 e. The van der Waals surface area contributed by atoms with E-state index in [2.05, 4.69) is 38.1 Å². The quantitative estimate of drug-likeness (QED) is 0.399. The molecule has 0 atom stereocenters. The zero-order valence-corrected chi connectivity index (χ0v) is 10.2. The van der Waals surface area contributed by atoms with E-state index >= 15 is 0 Å². The van der Waals surface area contributed by atoms with Crippen molar-refractivity contribution in [2.24, 2.45) is 0 Å². The first kappa shape index (κ1) is 12.5. The summed E-state index contributed by atoms with van der Waals surface area (Å²) >= 11 is 3.22. The fourth-order valence-electron chi connectivity index (χ4n) is 1.03. The van der Waals surface area contributed by atoms with Gasteiger partial charge in [-0.25, -0.2) is 4.98 Å². The van der Waals surface area contributed by atoms with Gasteiger partial charge in [-0.1, -0.05) is 0 Å². The van der Waals surface area contributed by atoms with Gasteiger partial charge < -0.3 is 5.32 Å². The number of anilines is 1. The van der Waals surface area contributed by atoms with Crippen LogP contribution in [0.5, 0.6) is 0 Å². The molecule has 1 rings (SSSR count). The molecule has 0 fully saturated rings. The second kappa shape index (κ2) is 6.08. The van der Waals surface area contributed by atoms with E-state index in [1.54, 1.807) is 6.92 Å². The number of nitrogens with zero attached hydrogens (tertiary/aromatic N) is 2. The molecule has 16 heavy (non-hydrogen) atoms. The van der Waals surface area contributed by atoms with E-state index in [4.69, 9.17) is 0 Å². The normalized spacial score (nSPS) is 9.12. The topological polar surface area (TPSA) is 68.1 Å². The van der Waals surface area contributed by atoms with Crippen LogP contribution in [-0.4, -0.2) is 16.5 Å². The van der Waals surface area contributed by atoms with Gasteiger partial charge in [0.2, 0.25) is 0 Å². The molecular formula is C10H10BrN3O2. The van der Waals surface area contributed by atoms with Crippen LogP contribution < -0.4 is 5.32 Å². The maximum atomic E-state index is 10.5. The Morgan fingerprint density at radius 2 is 2.44 bits per heavy atom. The highest BCUT2D eigenvalue weighted by atomic mass is 79.9. The monoisotopic (exact) mass is 283 g/mol. The predicted octanol–water partition coefficient (Wildman–Crippen LogP) is 2.58. The van der Waals surface area contributed by atoms with Crippen molar-refractivity contribution in [1.29, 1.82) is 0 Å². The van der Waals surface area contributed by atoms with Gasteiger partial charge in [-0.2, -0.15) is 0 Å². The summed E-state index contributed by atoms with van der Waals surface area (Å²) in [6.07, 6.45) is 1.93. The molecular weight excluding hydrogens is 274 g/mol. The Morgan fingerprint density at radius 3 is 3.00 bits per heavy atom. The van der Waals surface area contributed by atoms with Crippen molar-refractivity contribution in [2.45, 2.75) is 13.3 Å². The van der Waals surface area contributed by atoms with E-state index in [0.717, 1.165) is 0 Å². The van der Waals surface area contributed by atoms with Crippen LogP contribution in [0.2, 0.25) is 0 Å². The average Bonchev–Trinajstić information content (AvgIpc) is 2.26. The van der Waals surface area contributed by atoms with Crippen LogP contribution in [0, 0.1) is 22.0 Å². The average molecular weight is 284 g/mol. The van der Waals surface area contributed by atoms with Gasteiger partial charge in [0.1, 0.15) is 12.0 Å². The van der Waals surface area contributed by atoms with Crippen molar-refractivity contribution in [1.82, 2.24) is 4.98 Å². The predicted molar refractivity (Wildman–Crippen MR) is 65.1 cm³/mol. The maximum absolute atomic E-state index is 10.5. The third-order valence-electron chi connectivity index (χ3n) is 1.76. The Kier molecular flexibility index (Phi) is 4.73. The first-order valence-electron chi connectivity index (χ1n) is 4.58. The minimum absolute atomic E-state index is 0.0363. The standard InChI is InChI=1S/C10H10BrN3O2/c1-2-3-4-5-12-10-9(11)6-8(7-13-10)14(15)16/h6-7H,4-5H2,1H3,(H,12,13). The van der Waals surface area contributed by atoms with Crippen molar-refractivity contribution in [2.75, 3.05) is 11.9 Å². The Morgan fingerprint density at radius 1 is 1.69 bits per heavy atom. The smallest absolute Gasteiger partial charge is 0.288 e. The van der Waals surface area contributed by atoms with Gasteiger partial charge in [-0.15, -0.1) is 11.8 Å². The highest BCUT2D eigenvalue weighted by Crippen LogP contribution is 2.24. The molecule has 0 saturated carbocycles. The lowest BCUT2D eigenvalue weighted by Crippen LogP contribution is -2.03. The highest BCUT2D eigenvalue weighted by molar-refractivity contribution is 9.10. The lowest BCUT2D eigenvalue weighted by molar-refractivity contribution is -0.385. The van der Waals surface area contributed by atoms with Crippen molar-refractivity contribution in [3.8, 4) is 11.8 Å². The molecule has 1 heterocycles. The van der Waals surface area contributed by atoms with Crippen molar-refractivity contribution < 1.29 is 4.92 Å². The molecule has 0 bridgehead atoms. The molecule has 0 saturated heterocycles. The lowest BCUT2D eigenvalue weighted by Gasteiger charge is -2.04. The highest BCUT2D eigenvalue weighted by Gasteiger charge is 2.09. The Hall–Kier alpha value is -1.61. The second-order valence-corrected chi connectivity index (χ2v) is 3.74. The number of halogens is 1. The van der Waals surface area contributed by atoms with Gasteiger partial charge in [0, 0.05) is 19.0 Å². The van der Waals surface area contributed by atoms with Gasteiger partial charge in [-0.05, 0) is 22.9 Å². The van der Waals surface area contributed by atoms with Gasteiger partial charge in [0.15, 0.2) is 0 Å². The van der Waals surface area contributed by atoms with Crippen LogP contribution in [0.4, 0.5) is 11.5 Å². The summed E-state index contributed by atoms with van der Waals surface area (Å²) in [5.41, 5.74) is -0.0363. The molecule has 0 spiro atoms. The fourth-order valence-corrected chi connectivity index (χ4v) is 1.50. The molecule has 1 aromatic rings. The van der Waals surface area contributed by atoms with Crippen molar-refractivity contribution in [3.05, 3.63) is 26.9 Å². The summed E-state index contributed by atoms with van der Waals surface area (Å²) in [4.78, 5) is 13.9. The molecule has 0 radical (unpaired) electrons. The summed E-state index contributed by atoms with van der Waals surface area (Å²) in [6.45, 7) is 2.43. The molecule has 1 N–H and O–H groups in total. The molecule has 0 unspecified atom stereocenters. The van der Waals surface area contributed by atoms with E-state index in [0.29, 0.717) is 23.3 Å². The lowest BCUT2D eigenvalue weighted by atomic mass is 10.4. The molecule has 6 heteroatoms. The minimum atomic E-state index is -0.482. The largest absolute Gasteiger partial charge is 0.368 e. The Bertz CT molecular complexity index is 451. The number of nitro groups is 1. The Labute approximate surface area is 102 Å². The number of hydrogen-bond acceptors (Lipinski definition) is 4. The van der Waals surface area contributed by atoms with Crippen LogP contribution in [-0.2, 0) is 0 Å². The van der Waals surface area contributed by atoms with Gasteiger partial charge >= 0.3 is 0 Å². The molecule has 0 aliphatic carbocycles. The van der Waals surface area contributed by atoms with Crippen LogP contribution in [0.15, 0.2) is 16.7 Å². The minimum Gasteiger partial charge on any atom is -0.368 e. The van der Waals surface area contributed by atoms with Crippen LogP contribution in [0.1, 0.15) is 13.3 Å². The number of rotatable bonds is 4. The summed E-state index contributed by atoms with van der Waals surface area (Å²) in [6, 6.07) is 1.42. The zero-order chi connectivity index (χ0) is 12.0. The summed E-state index contributed by atoms with van der Waals surface area (Å²) in [5, 5.41) is 13.5. The zero-order valence-electron chi connectivity index (χ0n) is 8.66. The van der Waals surface area contributed by atoms with Crippen LogP contribution in [0.25, 0.3) is 0 Å². The molecule has 84 valence electrons. The summed E-state index contributed by atoms with van der Waals surface area (Å²) in [7, 11) is 0.